The van der Waals surface area contributed by atoms with Crippen LogP contribution in [0.4, 0.5) is 0 Å². The minimum absolute atomic E-state index is 0.705. The van der Waals surface area contributed by atoms with Crippen LogP contribution in [-0.2, 0) is 11.3 Å². The molecule has 1 N–H and O–H groups in total. The first-order valence-electron chi connectivity index (χ1n) is 6.69. The van der Waals surface area contributed by atoms with E-state index in [-0.39, 0.29) is 0 Å². The number of benzene rings is 1. The van der Waals surface area contributed by atoms with E-state index in [1.54, 1.807) is 0 Å². The maximum absolute atomic E-state index is 5.72. The highest BCUT2D eigenvalue weighted by atomic mass is 16.5. The third kappa shape index (κ3) is 4.49. The largest absolute Gasteiger partial charge is 0.377 e. The summed E-state index contributed by atoms with van der Waals surface area (Å²) < 4.78 is 5.72. The Morgan fingerprint density at radius 1 is 1.24 bits per heavy atom. The second kappa shape index (κ2) is 6.77. The molecule has 0 aromatic heterocycles. The molecule has 1 aromatic carbocycles. The molecule has 0 radical (unpaired) electrons. The quantitative estimate of drug-likeness (QED) is 0.789. The fourth-order valence-corrected chi connectivity index (χ4v) is 2.32. The van der Waals surface area contributed by atoms with Gasteiger partial charge >= 0.3 is 0 Å². The Balaban J connectivity index is 1.57. The third-order valence-electron chi connectivity index (χ3n) is 3.54. The Bertz CT molecular complexity index is 304. The van der Waals surface area contributed by atoms with Gasteiger partial charge in [0.25, 0.3) is 0 Å². The zero-order valence-corrected chi connectivity index (χ0v) is 10.7. The molecule has 2 nitrogen and oxygen atoms in total. The van der Waals surface area contributed by atoms with Gasteiger partial charge in [-0.1, -0.05) is 30.3 Å². The summed E-state index contributed by atoms with van der Waals surface area (Å²) in [4.78, 5) is 0. The van der Waals surface area contributed by atoms with Crippen LogP contribution in [0.25, 0.3) is 0 Å². The highest BCUT2D eigenvalue weighted by Gasteiger charge is 2.16. The molecule has 1 aliphatic heterocycles. The van der Waals surface area contributed by atoms with Gasteiger partial charge in [0.2, 0.25) is 0 Å². The van der Waals surface area contributed by atoms with Crippen LogP contribution in [0.2, 0.25) is 0 Å². The Kier molecular flexibility index (Phi) is 5.02. The van der Waals surface area contributed by atoms with Crippen LogP contribution < -0.4 is 5.32 Å². The molecule has 1 heterocycles. The molecule has 0 aliphatic carbocycles. The van der Waals surface area contributed by atoms with Crippen LogP contribution >= 0.6 is 0 Å². The molecule has 1 saturated heterocycles. The standard InChI is InChI=1S/C15H23NO/c1-13-7-8-14(11-16-13)9-10-17-12-15-5-3-2-4-6-15/h2-6,13-14,16H,7-12H2,1H3. The maximum Gasteiger partial charge on any atom is 0.0716 e. The van der Waals surface area contributed by atoms with E-state index in [4.69, 9.17) is 4.74 Å². The summed E-state index contributed by atoms with van der Waals surface area (Å²) in [7, 11) is 0. The van der Waals surface area contributed by atoms with E-state index in [2.05, 4.69) is 36.5 Å². The fourth-order valence-electron chi connectivity index (χ4n) is 2.32. The lowest BCUT2D eigenvalue weighted by atomic mass is 9.93. The minimum atomic E-state index is 0.705. The van der Waals surface area contributed by atoms with Crippen molar-refractivity contribution in [2.75, 3.05) is 13.2 Å². The van der Waals surface area contributed by atoms with Crippen LogP contribution in [0.15, 0.2) is 30.3 Å². The molecule has 1 aromatic rings. The first-order chi connectivity index (χ1) is 8.34. The fraction of sp³-hybridized carbons (Fsp3) is 0.600. The van der Waals surface area contributed by atoms with Crippen molar-refractivity contribution in [2.45, 2.75) is 38.8 Å². The Morgan fingerprint density at radius 3 is 2.76 bits per heavy atom. The van der Waals surface area contributed by atoms with Crippen molar-refractivity contribution in [3.05, 3.63) is 35.9 Å². The van der Waals surface area contributed by atoms with E-state index in [0.717, 1.165) is 25.7 Å². The average Bonchev–Trinajstić information content (AvgIpc) is 2.38. The molecule has 1 fully saturated rings. The predicted molar refractivity (Wildman–Crippen MR) is 70.9 cm³/mol. The summed E-state index contributed by atoms with van der Waals surface area (Å²) in [6.45, 7) is 5.06. The summed E-state index contributed by atoms with van der Waals surface area (Å²) in [5, 5.41) is 3.54. The van der Waals surface area contributed by atoms with Gasteiger partial charge in [-0.3, -0.25) is 0 Å². The smallest absolute Gasteiger partial charge is 0.0716 e. The Labute approximate surface area is 104 Å². The molecule has 0 amide bonds. The van der Waals surface area contributed by atoms with Gasteiger partial charge < -0.3 is 10.1 Å². The number of piperidine rings is 1. The summed E-state index contributed by atoms with van der Waals surface area (Å²) in [5.74, 6) is 0.807. The van der Waals surface area contributed by atoms with Gasteiger partial charge in [-0.15, -0.1) is 0 Å². The van der Waals surface area contributed by atoms with Gasteiger partial charge in [0, 0.05) is 12.6 Å². The summed E-state index contributed by atoms with van der Waals surface area (Å²) in [6, 6.07) is 11.1. The van der Waals surface area contributed by atoms with Gasteiger partial charge in [-0.05, 0) is 44.2 Å². The van der Waals surface area contributed by atoms with Crippen LogP contribution in [-0.4, -0.2) is 19.2 Å². The predicted octanol–water partition coefficient (Wildman–Crippen LogP) is 2.98. The van der Waals surface area contributed by atoms with Crippen molar-refractivity contribution in [1.29, 1.82) is 0 Å². The highest BCUT2D eigenvalue weighted by molar-refractivity contribution is 5.13. The number of rotatable bonds is 5. The molecule has 2 atom stereocenters. The molecule has 2 heteroatoms. The average molecular weight is 233 g/mol. The van der Waals surface area contributed by atoms with Crippen molar-refractivity contribution in [3.8, 4) is 0 Å². The van der Waals surface area contributed by atoms with Gasteiger partial charge in [0.15, 0.2) is 0 Å². The SMILES string of the molecule is CC1CCC(CCOCc2ccccc2)CN1. The van der Waals surface area contributed by atoms with Gasteiger partial charge in [-0.25, -0.2) is 0 Å². The zero-order chi connectivity index (χ0) is 11.9. The second-order valence-electron chi connectivity index (χ2n) is 5.08. The van der Waals surface area contributed by atoms with E-state index in [1.807, 2.05) is 6.07 Å². The molecule has 0 saturated carbocycles. The topological polar surface area (TPSA) is 21.3 Å². The molecule has 1 aliphatic rings. The summed E-state index contributed by atoms with van der Waals surface area (Å²) in [5.41, 5.74) is 1.27. The number of hydrogen-bond donors (Lipinski definition) is 1. The lowest BCUT2D eigenvalue weighted by molar-refractivity contribution is 0.102. The van der Waals surface area contributed by atoms with Gasteiger partial charge in [-0.2, -0.15) is 0 Å². The monoisotopic (exact) mass is 233 g/mol. The highest BCUT2D eigenvalue weighted by Crippen LogP contribution is 2.17. The number of ether oxygens (including phenoxy) is 1. The van der Waals surface area contributed by atoms with Crippen molar-refractivity contribution in [2.24, 2.45) is 5.92 Å². The second-order valence-corrected chi connectivity index (χ2v) is 5.08. The Morgan fingerprint density at radius 2 is 2.06 bits per heavy atom. The first kappa shape index (κ1) is 12.6. The molecular weight excluding hydrogens is 210 g/mol. The van der Waals surface area contributed by atoms with Crippen LogP contribution in [0.3, 0.4) is 0 Å². The number of nitrogens with one attached hydrogen (secondary N) is 1. The van der Waals surface area contributed by atoms with Crippen molar-refractivity contribution < 1.29 is 4.74 Å². The Hall–Kier alpha value is -0.860. The van der Waals surface area contributed by atoms with Gasteiger partial charge in [0.1, 0.15) is 0 Å². The van der Waals surface area contributed by atoms with Crippen molar-refractivity contribution >= 4 is 0 Å². The zero-order valence-electron chi connectivity index (χ0n) is 10.7. The lowest BCUT2D eigenvalue weighted by Crippen LogP contribution is -2.37. The molecule has 0 spiro atoms. The van der Waals surface area contributed by atoms with Crippen molar-refractivity contribution in [1.82, 2.24) is 5.32 Å². The van der Waals surface area contributed by atoms with E-state index in [0.29, 0.717) is 6.04 Å². The van der Waals surface area contributed by atoms with E-state index in [9.17, 15) is 0 Å². The minimum Gasteiger partial charge on any atom is -0.377 e. The first-order valence-corrected chi connectivity index (χ1v) is 6.69. The maximum atomic E-state index is 5.72. The molecule has 0 bridgehead atoms. The van der Waals surface area contributed by atoms with Crippen LogP contribution in [0, 0.1) is 5.92 Å². The molecule has 17 heavy (non-hydrogen) atoms. The van der Waals surface area contributed by atoms with Crippen molar-refractivity contribution in [3.63, 3.8) is 0 Å². The summed E-state index contributed by atoms with van der Waals surface area (Å²) >= 11 is 0. The normalized spacial score (nSPS) is 24.8. The lowest BCUT2D eigenvalue weighted by Gasteiger charge is -2.27. The molecular formula is C15H23NO. The van der Waals surface area contributed by atoms with E-state index in [1.165, 1.54) is 24.8 Å². The molecule has 2 unspecified atom stereocenters. The number of hydrogen-bond acceptors (Lipinski definition) is 2. The van der Waals surface area contributed by atoms with Crippen LogP contribution in [0.5, 0.6) is 0 Å². The van der Waals surface area contributed by atoms with E-state index >= 15 is 0 Å². The van der Waals surface area contributed by atoms with Gasteiger partial charge in [0.05, 0.1) is 6.61 Å². The van der Waals surface area contributed by atoms with Crippen LogP contribution in [0.1, 0.15) is 31.7 Å². The summed E-state index contributed by atoms with van der Waals surface area (Å²) in [6.07, 6.45) is 3.85. The third-order valence-corrected chi connectivity index (χ3v) is 3.54. The molecule has 2 rings (SSSR count). The molecule has 94 valence electrons. The van der Waals surface area contributed by atoms with E-state index < -0.39 is 0 Å².